The molecular formula is C10H12N2O4S. The van der Waals surface area contributed by atoms with Gasteiger partial charge in [0, 0.05) is 6.07 Å². The van der Waals surface area contributed by atoms with Crippen molar-refractivity contribution in [3.05, 3.63) is 23.9 Å². The highest BCUT2D eigenvalue weighted by Gasteiger charge is 2.37. The third-order valence-electron chi connectivity index (χ3n) is 2.26. The molecule has 0 bridgehead atoms. The summed E-state index contributed by atoms with van der Waals surface area (Å²) in [6.07, 6.45) is 1.05. The monoisotopic (exact) mass is 259 g/mol. The van der Waals surface area contributed by atoms with Crippen molar-refractivity contribution in [1.29, 1.82) is 0 Å². The summed E-state index contributed by atoms with van der Waals surface area (Å²) in [6.45, 7) is 0. The summed E-state index contributed by atoms with van der Waals surface area (Å²) in [4.78, 5) is 15.4. The summed E-state index contributed by atoms with van der Waals surface area (Å²) in [5.74, 6) is -1.19. The second kappa shape index (κ2) is 4.33. The van der Waals surface area contributed by atoms with Gasteiger partial charge in [0.1, 0.15) is 5.69 Å². The Morgan fingerprint density at radius 2 is 2.35 bits per heavy atom. The van der Waals surface area contributed by atoms with Crippen LogP contribution in [-0.2, 0) is 10.0 Å². The number of carbonyl (C=O) groups excluding carboxylic acids is 1. The van der Waals surface area contributed by atoms with E-state index in [1.807, 2.05) is 4.72 Å². The fourth-order valence-corrected chi connectivity index (χ4v) is 2.53. The summed E-state index contributed by atoms with van der Waals surface area (Å²) in [5.41, 5.74) is -0.226. The van der Waals surface area contributed by atoms with Crippen molar-refractivity contribution in [3.63, 3.8) is 0 Å². The minimum atomic E-state index is -3.67. The molecule has 1 amide bonds. The highest BCUT2D eigenvalue weighted by Crippen LogP contribution is 2.27. The topological polar surface area (TPSA) is 85.4 Å². The normalized spacial score (nSPS) is 18.7. The maximum atomic E-state index is 11.8. The van der Waals surface area contributed by atoms with Crippen molar-refractivity contribution >= 4 is 15.9 Å². The molecule has 1 aliphatic carbocycles. The minimum Gasteiger partial charge on any atom is -0.481 e. The lowest BCUT2D eigenvalue weighted by Crippen LogP contribution is -2.33. The molecular weight excluding hydrogens is 244 g/mol. The molecule has 6 nitrogen and oxygen atoms in total. The zero-order valence-corrected chi connectivity index (χ0v) is 9.53. The highest BCUT2D eigenvalue weighted by molar-refractivity contribution is 7.91. The number of aromatic nitrogens is 1. The van der Waals surface area contributed by atoms with Gasteiger partial charge in [-0.1, -0.05) is 6.07 Å². The molecule has 17 heavy (non-hydrogen) atoms. The summed E-state index contributed by atoms with van der Waals surface area (Å²) in [7, 11) is -6.37. The Morgan fingerprint density at radius 3 is 3.00 bits per heavy atom. The lowest BCUT2D eigenvalue weighted by atomic mass is 10.3. The van der Waals surface area contributed by atoms with Crippen molar-refractivity contribution in [2.75, 3.05) is 7.04 Å². The van der Waals surface area contributed by atoms with Gasteiger partial charge in [0.25, 0.3) is 5.91 Å². The Hall–Kier alpha value is -1.63. The van der Waals surface area contributed by atoms with Gasteiger partial charge in [-0.25, -0.2) is 18.1 Å². The number of carbonyl (C=O) groups is 1. The molecule has 1 aromatic heterocycles. The summed E-state index contributed by atoms with van der Waals surface area (Å²) in [5, 5.41) is -0.534. The average Bonchev–Trinajstić information content (AvgIpc) is 3.10. The van der Waals surface area contributed by atoms with Crippen LogP contribution in [0.1, 0.15) is 27.4 Å². The number of nitrogens with one attached hydrogen (secondary N) is 1. The van der Waals surface area contributed by atoms with E-state index in [2.05, 4.69) is 9.72 Å². The largest absolute Gasteiger partial charge is 0.481 e. The van der Waals surface area contributed by atoms with E-state index < -0.39 is 28.2 Å². The zero-order chi connectivity index (χ0) is 15.0. The van der Waals surface area contributed by atoms with Crippen LogP contribution in [0.25, 0.3) is 0 Å². The molecule has 1 saturated carbocycles. The smallest absolute Gasteiger partial charge is 0.283 e. The molecule has 2 rings (SSSR count). The Bertz CT molecular complexity index is 626. The predicted octanol–water partition coefficient (Wildman–Crippen LogP) is 0.312. The van der Waals surface area contributed by atoms with Crippen LogP contribution in [0.2, 0.25) is 0 Å². The Balaban J connectivity index is 2.12. The maximum absolute atomic E-state index is 11.8. The first-order chi connectivity index (χ1) is 9.17. The van der Waals surface area contributed by atoms with Crippen molar-refractivity contribution < 1.29 is 22.1 Å². The van der Waals surface area contributed by atoms with Crippen LogP contribution >= 0.6 is 0 Å². The number of methoxy groups -OCH3 is 1. The Morgan fingerprint density at radius 1 is 1.59 bits per heavy atom. The summed E-state index contributed by atoms with van der Waals surface area (Å²) < 4.78 is 50.5. The quantitative estimate of drug-likeness (QED) is 0.841. The van der Waals surface area contributed by atoms with Crippen LogP contribution in [0.3, 0.4) is 0 Å². The van der Waals surface area contributed by atoms with Crippen molar-refractivity contribution in [1.82, 2.24) is 9.71 Å². The van der Waals surface area contributed by atoms with E-state index in [-0.39, 0.29) is 11.6 Å². The van der Waals surface area contributed by atoms with E-state index in [1.165, 1.54) is 18.2 Å². The van der Waals surface area contributed by atoms with Crippen LogP contribution in [0.5, 0.6) is 5.88 Å². The van der Waals surface area contributed by atoms with E-state index in [9.17, 15) is 13.2 Å². The van der Waals surface area contributed by atoms with Gasteiger partial charge in [-0.05, 0) is 18.9 Å². The minimum absolute atomic E-state index is 0.226. The molecule has 0 unspecified atom stereocenters. The number of hydrogen-bond donors (Lipinski definition) is 1. The molecule has 1 aliphatic rings. The van der Waals surface area contributed by atoms with Gasteiger partial charge in [-0.3, -0.25) is 4.79 Å². The van der Waals surface area contributed by atoms with E-state index >= 15 is 0 Å². The third-order valence-corrected chi connectivity index (χ3v) is 4.08. The average molecular weight is 259 g/mol. The van der Waals surface area contributed by atoms with Gasteiger partial charge in [0.2, 0.25) is 15.9 Å². The molecule has 0 aliphatic heterocycles. The van der Waals surface area contributed by atoms with Crippen LogP contribution in [0, 0.1) is 0 Å². The van der Waals surface area contributed by atoms with Gasteiger partial charge in [0.15, 0.2) is 0 Å². The van der Waals surface area contributed by atoms with Crippen LogP contribution in [0.15, 0.2) is 18.2 Å². The molecule has 0 spiro atoms. The van der Waals surface area contributed by atoms with Crippen molar-refractivity contribution in [3.8, 4) is 5.88 Å². The Kier molecular flexibility index (Phi) is 2.15. The lowest BCUT2D eigenvalue weighted by Gasteiger charge is -2.05. The second-order valence-corrected chi connectivity index (χ2v) is 5.60. The van der Waals surface area contributed by atoms with E-state index in [0.29, 0.717) is 12.8 Å². The molecule has 1 fully saturated rings. The van der Waals surface area contributed by atoms with Crippen LogP contribution < -0.4 is 9.46 Å². The molecule has 1 aromatic rings. The summed E-state index contributed by atoms with van der Waals surface area (Å²) >= 11 is 0. The van der Waals surface area contributed by atoms with Crippen molar-refractivity contribution in [2.24, 2.45) is 0 Å². The molecule has 0 saturated heterocycles. The lowest BCUT2D eigenvalue weighted by molar-refractivity contribution is 0.0975. The van der Waals surface area contributed by atoms with Gasteiger partial charge in [-0.2, -0.15) is 0 Å². The standard InChI is InChI=1S/C10H12N2O4S/c1-16-9-4-2-3-8(11-9)10(13)12-17(14,15)7-5-6-7/h2-4,7H,5-6H2,1H3,(H,12,13)/i1D3. The number of hydrogen-bond acceptors (Lipinski definition) is 5. The van der Waals surface area contributed by atoms with Crippen molar-refractivity contribution in [2.45, 2.75) is 18.1 Å². The van der Waals surface area contributed by atoms with Gasteiger partial charge >= 0.3 is 0 Å². The first-order valence-corrected chi connectivity index (χ1v) is 6.44. The number of pyridine rings is 1. The fraction of sp³-hybridized carbons (Fsp3) is 0.400. The number of sulfonamides is 1. The van der Waals surface area contributed by atoms with E-state index in [4.69, 9.17) is 4.11 Å². The number of rotatable bonds is 4. The fourth-order valence-electron chi connectivity index (χ4n) is 1.24. The predicted molar refractivity (Wildman–Crippen MR) is 60.2 cm³/mol. The first kappa shape index (κ1) is 8.46. The van der Waals surface area contributed by atoms with E-state index in [1.54, 1.807) is 0 Å². The molecule has 7 heteroatoms. The second-order valence-electron chi connectivity index (χ2n) is 3.64. The molecule has 0 radical (unpaired) electrons. The SMILES string of the molecule is [2H]C([2H])([2H])Oc1cccc(C(=O)NS(=O)(=O)C2CC2)n1. The van der Waals surface area contributed by atoms with Crippen LogP contribution in [0.4, 0.5) is 0 Å². The highest BCUT2D eigenvalue weighted by atomic mass is 32.2. The molecule has 0 aromatic carbocycles. The maximum Gasteiger partial charge on any atom is 0.283 e. The van der Waals surface area contributed by atoms with Gasteiger partial charge < -0.3 is 4.74 Å². The third kappa shape index (κ3) is 2.73. The number of nitrogens with zero attached hydrogens (tertiary/aromatic N) is 1. The summed E-state index contributed by atoms with van der Waals surface area (Å²) in [6, 6.07) is 3.88. The number of ether oxygens (including phenoxy) is 1. The van der Waals surface area contributed by atoms with E-state index in [0.717, 1.165) is 0 Å². The zero-order valence-electron chi connectivity index (χ0n) is 11.7. The first-order valence-electron chi connectivity index (χ1n) is 6.39. The molecule has 92 valence electrons. The van der Waals surface area contributed by atoms with Gasteiger partial charge in [0.05, 0.1) is 16.4 Å². The van der Waals surface area contributed by atoms with Crippen LogP contribution in [-0.4, -0.2) is 31.6 Å². The van der Waals surface area contributed by atoms with Gasteiger partial charge in [-0.15, -0.1) is 0 Å². The molecule has 1 N–H and O–H groups in total. The molecule has 1 heterocycles. The Labute approximate surface area is 103 Å². The molecule has 0 atom stereocenters. The number of amides is 1.